The van der Waals surface area contributed by atoms with Crippen molar-refractivity contribution >= 4 is 16.6 Å². The maximum atomic E-state index is 5.57. The van der Waals surface area contributed by atoms with Crippen LogP contribution in [0.5, 0.6) is 11.5 Å². The number of benzene rings is 1. The number of pyridine rings is 1. The Labute approximate surface area is 125 Å². The first kappa shape index (κ1) is 15.4. The molecule has 0 aliphatic rings. The van der Waals surface area contributed by atoms with Gasteiger partial charge in [-0.05, 0) is 38.4 Å². The molecule has 5 nitrogen and oxygen atoms in total. The van der Waals surface area contributed by atoms with Crippen molar-refractivity contribution in [2.45, 2.75) is 25.8 Å². The maximum Gasteiger partial charge on any atom is 0.170 e. The van der Waals surface area contributed by atoms with Crippen LogP contribution in [0.15, 0.2) is 24.4 Å². The van der Waals surface area contributed by atoms with Gasteiger partial charge >= 0.3 is 0 Å². The minimum atomic E-state index is 0.317. The molecule has 0 spiro atoms. The normalized spacial score (nSPS) is 12.2. The lowest BCUT2D eigenvalue weighted by molar-refractivity contribution is 0.358. The van der Waals surface area contributed by atoms with E-state index in [1.54, 1.807) is 20.4 Å². The molecule has 1 atom stereocenters. The molecule has 1 aromatic heterocycles. The molecule has 3 N–H and O–H groups in total. The van der Waals surface area contributed by atoms with Crippen LogP contribution in [-0.4, -0.2) is 31.8 Å². The molecule has 0 aliphatic heterocycles. The van der Waals surface area contributed by atoms with Crippen molar-refractivity contribution in [1.29, 1.82) is 0 Å². The zero-order chi connectivity index (χ0) is 15.2. The third kappa shape index (κ3) is 3.36. The Kier molecular flexibility index (Phi) is 5.22. The Morgan fingerprint density at radius 3 is 2.81 bits per heavy atom. The van der Waals surface area contributed by atoms with Gasteiger partial charge in [-0.15, -0.1) is 0 Å². The van der Waals surface area contributed by atoms with E-state index in [0.717, 1.165) is 29.4 Å². The monoisotopic (exact) mass is 289 g/mol. The zero-order valence-corrected chi connectivity index (χ0v) is 12.8. The minimum Gasteiger partial charge on any atom is -0.493 e. The SMILES string of the molecule is COc1cc(N[C@H](C)CCCN)c2ncccc2c1OC. The molecular formula is C16H23N3O2. The van der Waals surface area contributed by atoms with E-state index in [4.69, 9.17) is 15.2 Å². The highest BCUT2D eigenvalue weighted by Crippen LogP contribution is 2.39. The largest absolute Gasteiger partial charge is 0.493 e. The summed E-state index contributed by atoms with van der Waals surface area (Å²) >= 11 is 0. The Bertz CT molecular complexity index is 601. The molecule has 21 heavy (non-hydrogen) atoms. The van der Waals surface area contributed by atoms with E-state index >= 15 is 0 Å². The quantitative estimate of drug-likeness (QED) is 0.820. The van der Waals surface area contributed by atoms with E-state index in [-0.39, 0.29) is 0 Å². The van der Waals surface area contributed by atoms with Gasteiger partial charge < -0.3 is 20.5 Å². The average Bonchev–Trinajstić information content (AvgIpc) is 2.52. The lowest BCUT2D eigenvalue weighted by Crippen LogP contribution is -2.17. The summed E-state index contributed by atoms with van der Waals surface area (Å²) < 4.78 is 10.9. The molecule has 0 saturated heterocycles. The van der Waals surface area contributed by atoms with Crippen LogP contribution in [0.4, 0.5) is 5.69 Å². The van der Waals surface area contributed by atoms with Crippen LogP contribution in [-0.2, 0) is 0 Å². The number of nitrogens with zero attached hydrogens (tertiary/aromatic N) is 1. The maximum absolute atomic E-state index is 5.57. The second kappa shape index (κ2) is 7.13. The van der Waals surface area contributed by atoms with Gasteiger partial charge in [0, 0.05) is 23.7 Å². The molecule has 114 valence electrons. The van der Waals surface area contributed by atoms with E-state index in [1.165, 1.54) is 0 Å². The number of methoxy groups -OCH3 is 2. The van der Waals surface area contributed by atoms with E-state index < -0.39 is 0 Å². The van der Waals surface area contributed by atoms with Gasteiger partial charge in [0.05, 0.1) is 25.4 Å². The summed E-state index contributed by atoms with van der Waals surface area (Å²) in [4.78, 5) is 4.48. The van der Waals surface area contributed by atoms with Gasteiger partial charge in [-0.1, -0.05) is 0 Å². The number of hydrogen-bond acceptors (Lipinski definition) is 5. The molecule has 1 heterocycles. The molecule has 1 aromatic carbocycles. The molecular weight excluding hydrogens is 266 g/mol. The molecule has 5 heteroatoms. The zero-order valence-electron chi connectivity index (χ0n) is 12.8. The first-order valence-electron chi connectivity index (χ1n) is 7.17. The standard InChI is InChI=1S/C16H23N3O2/c1-11(6-4-8-17)19-13-10-14(20-2)16(21-3)12-7-5-9-18-15(12)13/h5,7,9-11,19H,4,6,8,17H2,1-3H3/t11-/m1/s1. The van der Waals surface area contributed by atoms with Gasteiger partial charge in [-0.25, -0.2) is 0 Å². The van der Waals surface area contributed by atoms with Crippen LogP contribution in [0, 0.1) is 0 Å². The number of hydrogen-bond donors (Lipinski definition) is 2. The predicted octanol–water partition coefficient (Wildman–Crippen LogP) is 2.79. The Balaban J connectivity index is 2.43. The van der Waals surface area contributed by atoms with Crippen LogP contribution in [0.3, 0.4) is 0 Å². The van der Waals surface area contributed by atoms with Gasteiger partial charge in [0.15, 0.2) is 11.5 Å². The van der Waals surface area contributed by atoms with E-state index in [9.17, 15) is 0 Å². The number of rotatable bonds is 7. The molecule has 0 amide bonds. The third-order valence-corrected chi connectivity index (χ3v) is 3.47. The molecule has 2 aromatic rings. The Morgan fingerprint density at radius 1 is 1.33 bits per heavy atom. The van der Waals surface area contributed by atoms with Gasteiger partial charge in [0.1, 0.15) is 0 Å². The first-order chi connectivity index (χ1) is 10.2. The number of nitrogens with one attached hydrogen (secondary N) is 1. The summed E-state index contributed by atoms with van der Waals surface area (Å²) in [5.41, 5.74) is 7.40. The van der Waals surface area contributed by atoms with E-state index in [0.29, 0.717) is 24.1 Å². The topological polar surface area (TPSA) is 69.4 Å². The van der Waals surface area contributed by atoms with Crippen molar-refractivity contribution in [1.82, 2.24) is 4.98 Å². The van der Waals surface area contributed by atoms with Gasteiger partial charge in [0.25, 0.3) is 0 Å². The first-order valence-corrected chi connectivity index (χ1v) is 7.17. The van der Waals surface area contributed by atoms with Gasteiger partial charge in [-0.2, -0.15) is 0 Å². The van der Waals surface area contributed by atoms with Crippen LogP contribution in [0.1, 0.15) is 19.8 Å². The molecule has 0 saturated carbocycles. The highest BCUT2D eigenvalue weighted by atomic mass is 16.5. The summed E-state index contributed by atoms with van der Waals surface area (Å²) in [5, 5.41) is 4.43. The number of aromatic nitrogens is 1. The number of ether oxygens (including phenoxy) is 2. The van der Waals surface area contributed by atoms with Crippen LogP contribution >= 0.6 is 0 Å². The summed E-state index contributed by atoms with van der Waals surface area (Å²) in [5.74, 6) is 1.41. The molecule has 0 unspecified atom stereocenters. The average molecular weight is 289 g/mol. The summed E-state index contributed by atoms with van der Waals surface area (Å²) in [6.07, 6.45) is 3.79. The number of fused-ring (bicyclic) bond motifs is 1. The highest BCUT2D eigenvalue weighted by Gasteiger charge is 2.15. The lowest BCUT2D eigenvalue weighted by atomic mass is 10.1. The molecule has 0 fully saturated rings. The van der Waals surface area contributed by atoms with Crippen molar-refractivity contribution in [3.63, 3.8) is 0 Å². The fourth-order valence-corrected chi connectivity index (χ4v) is 2.43. The van der Waals surface area contributed by atoms with Crippen molar-refractivity contribution in [3.05, 3.63) is 24.4 Å². The lowest BCUT2D eigenvalue weighted by Gasteiger charge is -2.19. The fourth-order valence-electron chi connectivity index (χ4n) is 2.43. The second-order valence-electron chi connectivity index (χ2n) is 5.04. The number of anilines is 1. The van der Waals surface area contributed by atoms with Crippen molar-refractivity contribution in [2.75, 3.05) is 26.1 Å². The van der Waals surface area contributed by atoms with E-state index in [2.05, 4.69) is 17.2 Å². The summed E-state index contributed by atoms with van der Waals surface area (Å²) in [7, 11) is 3.28. The summed E-state index contributed by atoms with van der Waals surface area (Å²) in [6.45, 7) is 2.85. The van der Waals surface area contributed by atoms with Gasteiger partial charge in [0.2, 0.25) is 0 Å². The van der Waals surface area contributed by atoms with Crippen molar-refractivity contribution < 1.29 is 9.47 Å². The van der Waals surface area contributed by atoms with Crippen molar-refractivity contribution in [3.8, 4) is 11.5 Å². The predicted molar refractivity (Wildman–Crippen MR) is 86.2 cm³/mol. The van der Waals surface area contributed by atoms with E-state index in [1.807, 2.05) is 18.2 Å². The third-order valence-electron chi connectivity index (χ3n) is 3.47. The molecule has 0 aliphatic carbocycles. The highest BCUT2D eigenvalue weighted by molar-refractivity contribution is 5.97. The summed E-state index contributed by atoms with van der Waals surface area (Å²) in [6, 6.07) is 6.13. The van der Waals surface area contributed by atoms with Crippen LogP contribution < -0.4 is 20.5 Å². The fraction of sp³-hybridized carbons (Fsp3) is 0.438. The second-order valence-corrected chi connectivity index (χ2v) is 5.04. The van der Waals surface area contributed by atoms with Crippen molar-refractivity contribution in [2.24, 2.45) is 5.73 Å². The van der Waals surface area contributed by atoms with Crippen LogP contribution in [0.2, 0.25) is 0 Å². The van der Waals surface area contributed by atoms with Crippen LogP contribution in [0.25, 0.3) is 10.9 Å². The molecule has 0 radical (unpaired) electrons. The van der Waals surface area contributed by atoms with Gasteiger partial charge in [-0.3, -0.25) is 4.98 Å². The molecule has 2 rings (SSSR count). The Morgan fingerprint density at radius 2 is 2.14 bits per heavy atom. The Hall–Kier alpha value is -2.01. The minimum absolute atomic E-state index is 0.317. The molecule has 0 bridgehead atoms. The smallest absolute Gasteiger partial charge is 0.170 e. The number of nitrogens with two attached hydrogens (primary N) is 1.